The Kier molecular flexibility index (Phi) is 6.21. The molecule has 5 rings (SSSR count). The molecule has 2 aromatic carbocycles. The van der Waals surface area contributed by atoms with Gasteiger partial charge in [-0.25, -0.2) is 4.39 Å². The monoisotopic (exact) mass is 529 g/mol. The van der Waals surface area contributed by atoms with Crippen molar-refractivity contribution in [2.24, 2.45) is 0 Å². The van der Waals surface area contributed by atoms with Crippen LogP contribution in [0.15, 0.2) is 53.2 Å². The first-order chi connectivity index (χ1) is 18.1. The number of halogens is 4. The summed E-state index contributed by atoms with van der Waals surface area (Å²) in [7, 11) is 0. The number of piperazine rings is 1. The molecule has 3 heterocycles. The van der Waals surface area contributed by atoms with E-state index < -0.39 is 41.4 Å². The Bertz CT molecular complexity index is 1550. The standard InChI is InChI=1S/C25H19F4N5O4/c1-13-12-33(22(36)14-5-3-2-4-6-14)9-10-34(13)23(37)20(35)16-11-30-19-15(7-8-17(26)18(16)19)21-31-24(38-32-21)25(27,28)29/h2-8,11,13,30H,9-10,12H2,1H3. The van der Waals surface area contributed by atoms with Gasteiger partial charge in [0.05, 0.1) is 11.1 Å². The third-order valence-corrected chi connectivity index (χ3v) is 6.33. The van der Waals surface area contributed by atoms with Crippen LogP contribution in [0.1, 0.15) is 33.5 Å². The number of ketones is 1. The summed E-state index contributed by atoms with van der Waals surface area (Å²) < 4.78 is 57.7. The Morgan fingerprint density at radius 1 is 1.08 bits per heavy atom. The van der Waals surface area contributed by atoms with Crippen LogP contribution in [0.2, 0.25) is 0 Å². The molecule has 1 atom stereocenters. The molecule has 1 N–H and O–H groups in total. The van der Waals surface area contributed by atoms with Gasteiger partial charge in [0.2, 0.25) is 5.82 Å². The van der Waals surface area contributed by atoms with E-state index in [1.165, 1.54) is 4.90 Å². The number of benzene rings is 2. The SMILES string of the molecule is CC1CN(C(=O)c2ccccc2)CCN1C(=O)C(=O)c1c[nH]c2c(-c3noc(C(F)(F)F)n3)ccc(F)c12. The zero-order chi connectivity index (χ0) is 27.2. The van der Waals surface area contributed by atoms with Crippen LogP contribution in [0, 0.1) is 5.82 Å². The number of hydrogen-bond donors (Lipinski definition) is 1. The number of aromatic amines is 1. The summed E-state index contributed by atoms with van der Waals surface area (Å²) in [5, 5.41) is 3.02. The minimum Gasteiger partial charge on any atom is -0.360 e. The number of hydrogen-bond acceptors (Lipinski definition) is 6. The van der Waals surface area contributed by atoms with Gasteiger partial charge in [-0.2, -0.15) is 18.2 Å². The Hall–Kier alpha value is -4.55. The van der Waals surface area contributed by atoms with Crippen molar-refractivity contribution in [3.8, 4) is 11.4 Å². The molecule has 0 aliphatic carbocycles. The van der Waals surface area contributed by atoms with Crippen LogP contribution < -0.4 is 0 Å². The molecule has 1 aliphatic heterocycles. The second kappa shape index (κ2) is 9.39. The van der Waals surface area contributed by atoms with Crippen LogP contribution >= 0.6 is 0 Å². The van der Waals surface area contributed by atoms with E-state index in [1.54, 1.807) is 42.2 Å². The lowest BCUT2D eigenvalue weighted by Gasteiger charge is -2.39. The van der Waals surface area contributed by atoms with Gasteiger partial charge in [0.15, 0.2) is 0 Å². The number of rotatable bonds is 4. The highest BCUT2D eigenvalue weighted by Gasteiger charge is 2.39. The van der Waals surface area contributed by atoms with Crippen LogP contribution in [0.5, 0.6) is 0 Å². The fourth-order valence-electron chi connectivity index (χ4n) is 4.47. The lowest BCUT2D eigenvalue weighted by Crippen LogP contribution is -2.56. The van der Waals surface area contributed by atoms with Crippen molar-refractivity contribution in [1.82, 2.24) is 24.9 Å². The van der Waals surface area contributed by atoms with Crippen molar-refractivity contribution in [3.63, 3.8) is 0 Å². The largest absolute Gasteiger partial charge is 0.471 e. The zero-order valence-electron chi connectivity index (χ0n) is 19.8. The van der Waals surface area contributed by atoms with Gasteiger partial charge in [-0.05, 0) is 31.2 Å². The molecule has 1 saturated heterocycles. The average molecular weight is 529 g/mol. The van der Waals surface area contributed by atoms with Gasteiger partial charge < -0.3 is 19.3 Å². The number of H-pyrrole nitrogens is 1. The van der Waals surface area contributed by atoms with Gasteiger partial charge in [-0.15, -0.1) is 0 Å². The fourth-order valence-corrected chi connectivity index (χ4v) is 4.47. The number of fused-ring (bicyclic) bond motifs is 1. The Labute approximate surface area is 212 Å². The zero-order valence-corrected chi connectivity index (χ0v) is 19.8. The maximum Gasteiger partial charge on any atom is 0.471 e. The lowest BCUT2D eigenvalue weighted by atomic mass is 10.0. The third kappa shape index (κ3) is 4.40. The van der Waals surface area contributed by atoms with Crippen LogP contribution in [0.3, 0.4) is 0 Å². The van der Waals surface area contributed by atoms with Crippen molar-refractivity contribution >= 4 is 28.5 Å². The summed E-state index contributed by atoms with van der Waals surface area (Å²) in [6, 6.07) is 10.2. The fraction of sp³-hybridized carbons (Fsp3) is 0.240. The van der Waals surface area contributed by atoms with Gasteiger partial charge in [0.1, 0.15) is 5.82 Å². The molecule has 0 bridgehead atoms. The summed E-state index contributed by atoms with van der Waals surface area (Å²) in [6.45, 7) is 2.17. The van der Waals surface area contributed by atoms with Gasteiger partial charge >= 0.3 is 12.1 Å². The number of nitrogens with one attached hydrogen (secondary N) is 1. The number of amides is 2. The predicted octanol–water partition coefficient (Wildman–Crippen LogP) is 3.93. The second-order valence-corrected chi connectivity index (χ2v) is 8.76. The Morgan fingerprint density at radius 2 is 1.82 bits per heavy atom. The van der Waals surface area contributed by atoms with E-state index in [0.717, 1.165) is 18.3 Å². The highest BCUT2D eigenvalue weighted by Crippen LogP contribution is 2.34. The second-order valence-electron chi connectivity index (χ2n) is 8.76. The number of aromatic nitrogens is 3. The van der Waals surface area contributed by atoms with E-state index in [9.17, 15) is 31.9 Å². The highest BCUT2D eigenvalue weighted by molar-refractivity contribution is 6.45. The van der Waals surface area contributed by atoms with E-state index in [0.29, 0.717) is 5.56 Å². The normalized spacial score (nSPS) is 16.2. The van der Waals surface area contributed by atoms with Crippen molar-refractivity contribution < 1.29 is 36.5 Å². The molecule has 1 fully saturated rings. The summed E-state index contributed by atoms with van der Waals surface area (Å²) in [4.78, 5) is 47.9. The molecule has 2 aromatic heterocycles. The molecule has 13 heteroatoms. The summed E-state index contributed by atoms with van der Waals surface area (Å²) >= 11 is 0. The molecule has 0 saturated carbocycles. The molecular formula is C25H19F4N5O4. The topological polar surface area (TPSA) is 112 Å². The van der Waals surface area contributed by atoms with Crippen LogP contribution in [0.4, 0.5) is 17.6 Å². The molecule has 38 heavy (non-hydrogen) atoms. The van der Waals surface area contributed by atoms with Crippen LogP contribution in [-0.4, -0.2) is 68.2 Å². The Balaban J connectivity index is 1.38. The first-order valence-electron chi connectivity index (χ1n) is 11.5. The molecule has 196 valence electrons. The predicted molar refractivity (Wildman–Crippen MR) is 124 cm³/mol. The molecule has 0 spiro atoms. The lowest BCUT2D eigenvalue weighted by molar-refractivity contribution is -0.159. The first-order valence-corrected chi connectivity index (χ1v) is 11.5. The maximum absolute atomic E-state index is 14.8. The average Bonchev–Trinajstić information content (AvgIpc) is 3.57. The van der Waals surface area contributed by atoms with Gasteiger partial charge in [0.25, 0.3) is 17.6 Å². The van der Waals surface area contributed by atoms with Gasteiger partial charge in [-0.1, -0.05) is 23.4 Å². The van der Waals surface area contributed by atoms with E-state index in [2.05, 4.69) is 19.6 Å². The summed E-state index contributed by atoms with van der Waals surface area (Å²) in [5.41, 5.74) is 0.0963. The van der Waals surface area contributed by atoms with E-state index in [1.807, 2.05) is 0 Å². The van der Waals surface area contributed by atoms with Crippen LogP contribution in [-0.2, 0) is 11.0 Å². The summed E-state index contributed by atoms with van der Waals surface area (Å²) in [5.74, 6) is -5.02. The number of carbonyl (C=O) groups excluding carboxylic acids is 3. The Morgan fingerprint density at radius 3 is 2.47 bits per heavy atom. The third-order valence-electron chi connectivity index (χ3n) is 6.33. The molecular weight excluding hydrogens is 510 g/mol. The van der Waals surface area contributed by atoms with Crippen LogP contribution in [0.25, 0.3) is 22.3 Å². The van der Waals surface area contributed by atoms with E-state index in [-0.39, 0.29) is 47.6 Å². The minimum atomic E-state index is -4.87. The van der Waals surface area contributed by atoms with Crippen molar-refractivity contribution in [2.45, 2.75) is 19.1 Å². The highest BCUT2D eigenvalue weighted by atomic mass is 19.4. The number of carbonyl (C=O) groups is 3. The van der Waals surface area contributed by atoms with Crippen molar-refractivity contribution in [3.05, 3.63) is 71.5 Å². The molecule has 1 aliphatic rings. The maximum atomic E-state index is 14.8. The van der Waals surface area contributed by atoms with E-state index >= 15 is 0 Å². The number of alkyl halides is 3. The van der Waals surface area contributed by atoms with Gasteiger partial charge in [-0.3, -0.25) is 14.4 Å². The number of Topliss-reactive ketones (excluding diaryl/α,β-unsaturated/α-hetero) is 1. The van der Waals surface area contributed by atoms with Crippen molar-refractivity contribution in [2.75, 3.05) is 19.6 Å². The molecule has 2 amide bonds. The molecule has 1 unspecified atom stereocenters. The quantitative estimate of drug-likeness (QED) is 0.244. The van der Waals surface area contributed by atoms with Gasteiger partial charge in [0, 0.05) is 48.4 Å². The summed E-state index contributed by atoms with van der Waals surface area (Å²) in [6.07, 6.45) is -3.76. The molecule has 4 aromatic rings. The first kappa shape index (κ1) is 25.1. The van der Waals surface area contributed by atoms with E-state index in [4.69, 9.17) is 0 Å². The van der Waals surface area contributed by atoms with Crippen molar-refractivity contribution in [1.29, 1.82) is 0 Å². The minimum absolute atomic E-state index is 0.0476. The molecule has 0 radical (unpaired) electrons. The molecule has 9 nitrogen and oxygen atoms in total. The number of nitrogens with zero attached hydrogens (tertiary/aromatic N) is 4. The smallest absolute Gasteiger partial charge is 0.360 e.